The van der Waals surface area contributed by atoms with Crippen LogP contribution in [0.5, 0.6) is 0 Å². The first kappa shape index (κ1) is 18.5. The molecule has 3 aromatic rings. The molecule has 0 spiro atoms. The molecule has 3 nitrogen and oxygen atoms in total. The second-order valence-corrected chi connectivity index (χ2v) is 7.60. The van der Waals surface area contributed by atoms with Gasteiger partial charge in [-0.05, 0) is 49.1 Å². The Morgan fingerprint density at radius 1 is 0.929 bits per heavy atom. The van der Waals surface area contributed by atoms with Gasteiger partial charge in [0.1, 0.15) is 5.82 Å². The number of rotatable bonds is 5. The summed E-state index contributed by atoms with van der Waals surface area (Å²) in [5.74, 6) is 0.658. The van der Waals surface area contributed by atoms with E-state index in [0.29, 0.717) is 35.1 Å². The van der Waals surface area contributed by atoms with Crippen molar-refractivity contribution < 1.29 is 9.18 Å². The molecule has 0 unspecified atom stereocenters. The average molecular weight is 376 g/mol. The highest BCUT2D eigenvalue weighted by Crippen LogP contribution is 2.35. The van der Waals surface area contributed by atoms with Gasteiger partial charge in [-0.25, -0.2) is 4.39 Å². The summed E-state index contributed by atoms with van der Waals surface area (Å²) < 4.78 is 14.1. The molecule has 1 aromatic heterocycles. The number of amides is 1. The minimum atomic E-state index is -0.324. The quantitative estimate of drug-likeness (QED) is 0.605. The predicted octanol–water partition coefficient (Wildman–Crippen LogP) is 5.52. The number of H-pyrrole nitrogens is 1. The van der Waals surface area contributed by atoms with E-state index in [1.165, 1.54) is 11.6 Å². The lowest BCUT2D eigenvalue weighted by atomic mass is 9.78. The van der Waals surface area contributed by atoms with Crippen molar-refractivity contribution in [3.05, 3.63) is 83.9 Å². The average Bonchev–Trinajstić information content (AvgIpc) is 3.23. The van der Waals surface area contributed by atoms with Gasteiger partial charge in [-0.3, -0.25) is 4.79 Å². The summed E-state index contributed by atoms with van der Waals surface area (Å²) in [6.45, 7) is 0.669. The van der Waals surface area contributed by atoms with Crippen LogP contribution in [0.25, 0.3) is 11.1 Å². The third-order valence-electron chi connectivity index (χ3n) is 5.82. The largest absolute Gasteiger partial charge is 0.366 e. The van der Waals surface area contributed by atoms with Gasteiger partial charge in [0.25, 0.3) is 5.91 Å². The summed E-state index contributed by atoms with van der Waals surface area (Å²) in [4.78, 5) is 15.6. The molecule has 2 N–H and O–H groups in total. The van der Waals surface area contributed by atoms with E-state index in [0.717, 1.165) is 25.7 Å². The van der Waals surface area contributed by atoms with Crippen molar-refractivity contribution in [1.29, 1.82) is 0 Å². The van der Waals surface area contributed by atoms with Gasteiger partial charge in [0.05, 0.1) is 5.56 Å². The molecular formula is C24H25FN2O. The maximum atomic E-state index is 14.1. The highest BCUT2D eigenvalue weighted by molar-refractivity contribution is 6.00. The van der Waals surface area contributed by atoms with E-state index in [4.69, 9.17) is 0 Å². The van der Waals surface area contributed by atoms with Crippen LogP contribution in [-0.2, 0) is 0 Å². The Bertz CT molecular complexity index is 927. The summed E-state index contributed by atoms with van der Waals surface area (Å²) in [6, 6.07) is 17.2. The molecule has 1 amide bonds. The second kappa shape index (κ2) is 8.42. The van der Waals surface area contributed by atoms with Crippen molar-refractivity contribution in [2.75, 3.05) is 6.54 Å². The topological polar surface area (TPSA) is 44.9 Å². The van der Waals surface area contributed by atoms with Gasteiger partial charge in [0.2, 0.25) is 0 Å². The third-order valence-corrected chi connectivity index (χ3v) is 5.82. The predicted molar refractivity (Wildman–Crippen MR) is 110 cm³/mol. The molecule has 4 rings (SSSR count). The van der Waals surface area contributed by atoms with Gasteiger partial charge >= 0.3 is 0 Å². The molecular weight excluding hydrogens is 351 g/mol. The standard InChI is InChI=1S/C24H25FN2O/c25-23-9-5-4-8-20(23)21-15-26-16-22(21)24(28)27-14-17-10-12-19(13-11-17)18-6-2-1-3-7-18/h1-9,15-17,19,26H,10-14H2,(H,27,28). The molecule has 0 aliphatic heterocycles. The zero-order chi connectivity index (χ0) is 19.3. The smallest absolute Gasteiger partial charge is 0.253 e. The minimum Gasteiger partial charge on any atom is -0.366 e. The van der Waals surface area contributed by atoms with Crippen molar-refractivity contribution >= 4 is 5.91 Å². The molecule has 1 aliphatic carbocycles. The highest BCUT2D eigenvalue weighted by Gasteiger charge is 2.23. The number of benzene rings is 2. The number of carbonyl (C=O) groups excluding carboxylic acids is 1. The molecule has 144 valence electrons. The molecule has 4 heteroatoms. The van der Waals surface area contributed by atoms with E-state index in [2.05, 4.69) is 40.6 Å². The summed E-state index contributed by atoms with van der Waals surface area (Å²) in [7, 11) is 0. The van der Waals surface area contributed by atoms with Gasteiger partial charge in [0.15, 0.2) is 0 Å². The highest BCUT2D eigenvalue weighted by atomic mass is 19.1. The summed E-state index contributed by atoms with van der Waals surface area (Å²) in [5, 5.41) is 3.06. The van der Waals surface area contributed by atoms with Crippen LogP contribution in [0.2, 0.25) is 0 Å². The number of aromatic amines is 1. The van der Waals surface area contributed by atoms with E-state index in [-0.39, 0.29) is 11.7 Å². The van der Waals surface area contributed by atoms with E-state index < -0.39 is 0 Å². The summed E-state index contributed by atoms with van der Waals surface area (Å²) in [6.07, 6.45) is 7.88. The zero-order valence-electron chi connectivity index (χ0n) is 15.8. The SMILES string of the molecule is O=C(NCC1CCC(c2ccccc2)CC1)c1c[nH]cc1-c1ccccc1F. The van der Waals surface area contributed by atoms with Crippen LogP contribution in [0.3, 0.4) is 0 Å². The normalized spacial score (nSPS) is 19.3. The van der Waals surface area contributed by atoms with Gasteiger partial charge in [-0.1, -0.05) is 48.5 Å². The lowest BCUT2D eigenvalue weighted by Gasteiger charge is -2.29. The fraction of sp³-hybridized carbons (Fsp3) is 0.292. The van der Waals surface area contributed by atoms with Gasteiger partial charge < -0.3 is 10.3 Å². The Morgan fingerprint density at radius 3 is 2.39 bits per heavy atom. The van der Waals surface area contributed by atoms with Crippen LogP contribution < -0.4 is 5.32 Å². The molecule has 1 fully saturated rings. The minimum absolute atomic E-state index is 0.148. The molecule has 0 atom stereocenters. The lowest BCUT2D eigenvalue weighted by molar-refractivity contribution is 0.0943. The zero-order valence-corrected chi connectivity index (χ0v) is 15.8. The van der Waals surface area contributed by atoms with Crippen LogP contribution in [0, 0.1) is 11.7 Å². The van der Waals surface area contributed by atoms with E-state index in [9.17, 15) is 9.18 Å². The van der Waals surface area contributed by atoms with Crippen LogP contribution in [0.4, 0.5) is 4.39 Å². The van der Waals surface area contributed by atoms with Crippen molar-refractivity contribution in [3.63, 3.8) is 0 Å². The Morgan fingerprint density at radius 2 is 1.64 bits per heavy atom. The van der Waals surface area contributed by atoms with E-state index in [1.807, 2.05) is 0 Å². The number of hydrogen-bond donors (Lipinski definition) is 2. The number of carbonyl (C=O) groups is 1. The van der Waals surface area contributed by atoms with Crippen molar-refractivity contribution in [1.82, 2.24) is 10.3 Å². The lowest BCUT2D eigenvalue weighted by Crippen LogP contribution is -2.31. The second-order valence-electron chi connectivity index (χ2n) is 7.60. The molecule has 1 aliphatic rings. The molecule has 28 heavy (non-hydrogen) atoms. The van der Waals surface area contributed by atoms with Gasteiger partial charge in [-0.2, -0.15) is 0 Å². The van der Waals surface area contributed by atoms with Crippen LogP contribution >= 0.6 is 0 Å². The van der Waals surface area contributed by atoms with E-state index in [1.54, 1.807) is 30.6 Å². The first-order valence-electron chi connectivity index (χ1n) is 9.97. The maximum Gasteiger partial charge on any atom is 0.253 e. The summed E-state index contributed by atoms with van der Waals surface area (Å²) in [5.41, 5.74) is 2.95. The Kier molecular flexibility index (Phi) is 5.56. The van der Waals surface area contributed by atoms with E-state index >= 15 is 0 Å². The van der Waals surface area contributed by atoms with Crippen molar-refractivity contribution in [2.45, 2.75) is 31.6 Å². The fourth-order valence-corrected chi connectivity index (χ4v) is 4.21. The van der Waals surface area contributed by atoms with Gasteiger partial charge in [0, 0.05) is 30.1 Å². The Labute approximate surface area is 165 Å². The number of hydrogen-bond acceptors (Lipinski definition) is 1. The molecule has 1 saturated carbocycles. The molecule has 0 bridgehead atoms. The third kappa shape index (κ3) is 4.01. The van der Waals surface area contributed by atoms with Crippen LogP contribution in [-0.4, -0.2) is 17.4 Å². The molecule has 0 radical (unpaired) electrons. The van der Waals surface area contributed by atoms with Crippen LogP contribution in [0.15, 0.2) is 67.0 Å². The Hall–Kier alpha value is -2.88. The van der Waals surface area contributed by atoms with Crippen molar-refractivity contribution in [2.24, 2.45) is 5.92 Å². The molecule has 1 heterocycles. The first-order valence-corrected chi connectivity index (χ1v) is 9.97. The van der Waals surface area contributed by atoms with Crippen molar-refractivity contribution in [3.8, 4) is 11.1 Å². The first-order chi connectivity index (χ1) is 13.7. The Balaban J connectivity index is 1.34. The number of aromatic nitrogens is 1. The summed E-state index contributed by atoms with van der Waals surface area (Å²) >= 11 is 0. The van der Waals surface area contributed by atoms with Crippen LogP contribution in [0.1, 0.15) is 47.5 Å². The molecule has 0 saturated heterocycles. The fourth-order valence-electron chi connectivity index (χ4n) is 4.21. The number of nitrogens with one attached hydrogen (secondary N) is 2. The number of halogens is 1. The molecule has 2 aromatic carbocycles. The monoisotopic (exact) mass is 376 g/mol. The maximum absolute atomic E-state index is 14.1. The van der Waals surface area contributed by atoms with Gasteiger partial charge in [-0.15, -0.1) is 0 Å².